The van der Waals surface area contributed by atoms with Crippen molar-refractivity contribution in [1.82, 2.24) is 10.3 Å². The number of benzene rings is 1. The Hall–Kier alpha value is -1.84. The number of hydrogen-bond acceptors (Lipinski definition) is 3. The van der Waals surface area contributed by atoms with Crippen molar-refractivity contribution in [2.75, 3.05) is 0 Å². The van der Waals surface area contributed by atoms with Crippen molar-refractivity contribution in [2.45, 2.75) is 26.4 Å². The molecule has 2 heterocycles. The van der Waals surface area contributed by atoms with Gasteiger partial charge < -0.3 is 9.73 Å². The molecule has 108 valence electrons. The van der Waals surface area contributed by atoms with Crippen molar-refractivity contribution < 1.29 is 4.42 Å². The summed E-state index contributed by atoms with van der Waals surface area (Å²) < 4.78 is 5.64. The first-order valence-corrected chi connectivity index (χ1v) is 7.35. The van der Waals surface area contributed by atoms with Gasteiger partial charge in [0, 0.05) is 23.2 Å². The first-order chi connectivity index (χ1) is 10.1. The Kier molecular flexibility index (Phi) is 3.95. The van der Waals surface area contributed by atoms with E-state index in [1.54, 1.807) is 6.20 Å². The number of hydrogen-bond donors (Lipinski definition) is 1. The lowest BCUT2D eigenvalue weighted by Crippen LogP contribution is -2.17. The van der Waals surface area contributed by atoms with Gasteiger partial charge in [-0.1, -0.05) is 17.7 Å². The summed E-state index contributed by atoms with van der Waals surface area (Å²) in [5.74, 6) is 1.87. The third kappa shape index (κ3) is 2.94. The predicted octanol–water partition coefficient (Wildman–Crippen LogP) is 4.64. The van der Waals surface area contributed by atoms with Gasteiger partial charge in [0.2, 0.25) is 0 Å². The summed E-state index contributed by atoms with van der Waals surface area (Å²) in [5, 5.41) is 5.18. The highest BCUT2D eigenvalue weighted by molar-refractivity contribution is 6.35. The van der Waals surface area contributed by atoms with Crippen molar-refractivity contribution in [1.29, 1.82) is 0 Å². The largest absolute Gasteiger partial charge is 0.465 e. The minimum absolute atomic E-state index is 0.146. The molecule has 1 N–H and O–H groups in total. The zero-order chi connectivity index (χ0) is 14.8. The maximum Gasteiger partial charge on any atom is 0.120 e. The first-order valence-electron chi connectivity index (χ1n) is 6.97. The molecule has 3 aromatic rings. The Labute approximate surface area is 128 Å². The summed E-state index contributed by atoms with van der Waals surface area (Å²) in [6, 6.07) is 12.0. The molecule has 2 aromatic heterocycles. The molecule has 21 heavy (non-hydrogen) atoms. The quantitative estimate of drug-likeness (QED) is 0.762. The zero-order valence-corrected chi connectivity index (χ0v) is 12.8. The van der Waals surface area contributed by atoms with Crippen LogP contribution in [0.1, 0.15) is 30.0 Å². The van der Waals surface area contributed by atoms with Gasteiger partial charge in [-0.2, -0.15) is 0 Å². The fraction of sp³-hybridized carbons (Fsp3) is 0.235. The van der Waals surface area contributed by atoms with Crippen LogP contribution in [-0.2, 0) is 6.54 Å². The molecule has 0 radical (unpaired) electrons. The minimum atomic E-state index is 0.146. The summed E-state index contributed by atoms with van der Waals surface area (Å²) in [7, 11) is 0. The van der Waals surface area contributed by atoms with Crippen LogP contribution in [-0.4, -0.2) is 4.98 Å². The fourth-order valence-corrected chi connectivity index (χ4v) is 2.60. The summed E-state index contributed by atoms with van der Waals surface area (Å²) in [5.41, 5.74) is 2.07. The van der Waals surface area contributed by atoms with Crippen molar-refractivity contribution in [3.63, 3.8) is 0 Å². The molecule has 1 atom stereocenters. The molecule has 0 bridgehead atoms. The number of furan rings is 1. The Morgan fingerprint density at radius 3 is 2.86 bits per heavy atom. The number of fused-ring (bicyclic) bond motifs is 1. The van der Waals surface area contributed by atoms with Gasteiger partial charge in [0.25, 0.3) is 0 Å². The number of aryl methyl sites for hydroxylation is 1. The predicted molar refractivity (Wildman–Crippen MR) is 85.5 cm³/mol. The molecule has 0 fully saturated rings. The van der Waals surface area contributed by atoms with Gasteiger partial charge in [-0.25, -0.2) is 0 Å². The Balaban J connectivity index is 1.81. The zero-order valence-electron chi connectivity index (χ0n) is 12.1. The number of nitrogens with zero attached hydrogens (tertiary/aromatic N) is 1. The first kappa shape index (κ1) is 14.1. The van der Waals surface area contributed by atoms with Gasteiger partial charge in [0.05, 0.1) is 11.6 Å². The summed E-state index contributed by atoms with van der Waals surface area (Å²) in [6.07, 6.45) is 1.79. The van der Waals surface area contributed by atoms with Crippen LogP contribution in [0.4, 0.5) is 0 Å². The molecule has 0 spiro atoms. The van der Waals surface area contributed by atoms with E-state index >= 15 is 0 Å². The van der Waals surface area contributed by atoms with E-state index in [9.17, 15) is 0 Å². The lowest BCUT2D eigenvalue weighted by Gasteiger charge is -2.13. The average molecular weight is 301 g/mol. The number of aromatic nitrogens is 1. The average Bonchev–Trinajstić information content (AvgIpc) is 2.93. The van der Waals surface area contributed by atoms with Crippen LogP contribution in [0.2, 0.25) is 5.02 Å². The lowest BCUT2D eigenvalue weighted by molar-refractivity contribution is 0.416. The SMILES string of the molecule is Cc1ccc(C(C)NCc2ccc(Cl)c3cccnc23)o1. The highest BCUT2D eigenvalue weighted by atomic mass is 35.5. The van der Waals surface area contributed by atoms with Gasteiger partial charge in [-0.05, 0) is 49.7 Å². The monoisotopic (exact) mass is 300 g/mol. The Bertz CT molecular complexity index is 766. The molecule has 0 amide bonds. The van der Waals surface area contributed by atoms with Crippen LogP contribution in [0.25, 0.3) is 10.9 Å². The van der Waals surface area contributed by atoms with E-state index in [0.29, 0.717) is 6.54 Å². The highest BCUT2D eigenvalue weighted by Crippen LogP contribution is 2.25. The molecule has 0 saturated carbocycles. The van der Waals surface area contributed by atoms with E-state index in [-0.39, 0.29) is 6.04 Å². The summed E-state index contributed by atoms with van der Waals surface area (Å²) >= 11 is 6.21. The van der Waals surface area contributed by atoms with Crippen LogP contribution < -0.4 is 5.32 Å². The molecular formula is C17H17ClN2O. The van der Waals surface area contributed by atoms with E-state index in [4.69, 9.17) is 16.0 Å². The summed E-state index contributed by atoms with van der Waals surface area (Å²) in [4.78, 5) is 4.45. The molecule has 1 aromatic carbocycles. The van der Waals surface area contributed by atoms with Gasteiger partial charge in [-0.3, -0.25) is 4.98 Å². The van der Waals surface area contributed by atoms with E-state index in [2.05, 4.69) is 17.2 Å². The maximum absolute atomic E-state index is 6.21. The molecule has 3 nitrogen and oxygen atoms in total. The second-order valence-corrected chi connectivity index (χ2v) is 5.56. The normalized spacial score (nSPS) is 12.7. The molecule has 0 saturated heterocycles. The molecule has 0 aliphatic heterocycles. The van der Waals surface area contributed by atoms with Crippen LogP contribution in [0.15, 0.2) is 47.0 Å². The number of rotatable bonds is 4. The lowest BCUT2D eigenvalue weighted by atomic mass is 10.1. The van der Waals surface area contributed by atoms with Crippen LogP contribution >= 0.6 is 11.6 Å². The number of nitrogens with one attached hydrogen (secondary N) is 1. The third-order valence-electron chi connectivity index (χ3n) is 3.59. The van der Waals surface area contributed by atoms with Crippen molar-refractivity contribution in [3.05, 3.63) is 64.7 Å². The second kappa shape index (κ2) is 5.88. The Morgan fingerprint density at radius 1 is 1.24 bits per heavy atom. The van der Waals surface area contributed by atoms with Gasteiger partial charge in [-0.15, -0.1) is 0 Å². The highest BCUT2D eigenvalue weighted by Gasteiger charge is 2.11. The van der Waals surface area contributed by atoms with Crippen LogP contribution in [0.3, 0.4) is 0 Å². The van der Waals surface area contributed by atoms with Crippen molar-refractivity contribution >= 4 is 22.5 Å². The molecule has 3 rings (SSSR count). The van der Waals surface area contributed by atoms with E-state index in [1.807, 2.05) is 43.3 Å². The van der Waals surface area contributed by atoms with Crippen molar-refractivity contribution in [3.8, 4) is 0 Å². The Morgan fingerprint density at radius 2 is 2.10 bits per heavy atom. The van der Waals surface area contributed by atoms with E-state index in [0.717, 1.165) is 33.0 Å². The standard InChI is InChI=1S/C17H17ClN2O/c1-11-5-8-16(21-11)12(2)20-10-13-6-7-15(18)14-4-3-9-19-17(13)14/h3-9,12,20H,10H2,1-2H3. The molecular weight excluding hydrogens is 284 g/mol. The van der Waals surface area contributed by atoms with Crippen LogP contribution in [0.5, 0.6) is 0 Å². The topological polar surface area (TPSA) is 38.1 Å². The van der Waals surface area contributed by atoms with Crippen molar-refractivity contribution in [2.24, 2.45) is 0 Å². The van der Waals surface area contributed by atoms with Gasteiger partial charge in [0.1, 0.15) is 11.5 Å². The smallest absolute Gasteiger partial charge is 0.120 e. The fourth-order valence-electron chi connectivity index (χ4n) is 2.39. The second-order valence-electron chi connectivity index (χ2n) is 5.16. The number of halogens is 1. The maximum atomic E-state index is 6.21. The third-order valence-corrected chi connectivity index (χ3v) is 3.92. The van der Waals surface area contributed by atoms with Gasteiger partial charge in [0.15, 0.2) is 0 Å². The minimum Gasteiger partial charge on any atom is -0.465 e. The van der Waals surface area contributed by atoms with E-state index in [1.165, 1.54) is 0 Å². The molecule has 1 unspecified atom stereocenters. The molecule has 0 aliphatic rings. The summed E-state index contributed by atoms with van der Waals surface area (Å²) in [6.45, 7) is 4.75. The molecule has 4 heteroatoms. The number of pyridine rings is 1. The van der Waals surface area contributed by atoms with Gasteiger partial charge >= 0.3 is 0 Å². The van der Waals surface area contributed by atoms with E-state index < -0.39 is 0 Å². The van der Waals surface area contributed by atoms with Crippen LogP contribution in [0, 0.1) is 6.92 Å². The molecule has 0 aliphatic carbocycles.